The zero-order valence-electron chi connectivity index (χ0n) is 23.5. The first-order valence-electron chi connectivity index (χ1n) is 13.6. The Labute approximate surface area is 237 Å². The van der Waals surface area contributed by atoms with Crippen LogP contribution in [-0.2, 0) is 23.7 Å². The lowest BCUT2D eigenvalue weighted by atomic mass is 9.94. The molecule has 7 N–H and O–H groups in total. The minimum atomic E-state index is -1.77. The minimum Gasteiger partial charge on any atom is -0.432 e. The Hall–Kier alpha value is -1.95. The molecule has 14 nitrogen and oxygen atoms in total. The van der Waals surface area contributed by atoms with Gasteiger partial charge in [-0.15, -0.1) is 0 Å². The Bertz CT molecular complexity index is 943. The first-order valence-corrected chi connectivity index (χ1v) is 13.6. The van der Waals surface area contributed by atoms with Gasteiger partial charge in [0, 0.05) is 0 Å². The molecule has 0 bridgehead atoms. The van der Waals surface area contributed by atoms with Crippen LogP contribution in [0.15, 0.2) is 18.2 Å². The number of hydrogen-bond donors (Lipinski definition) is 7. The second kappa shape index (κ2) is 15.0. The van der Waals surface area contributed by atoms with Crippen LogP contribution in [-0.4, -0.2) is 130 Å². The van der Waals surface area contributed by atoms with Gasteiger partial charge in [-0.3, -0.25) is 0 Å². The van der Waals surface area contributed by atoms with Crippen LogP contribution in [0.1, 0.15) is 50.7 Å². The molecule has 1 aromatic rings. The van der Waals surface area contributed by atoms with Crippen molar-refractivity contribution in [3.63, 3.8) is 0 Å². The van der Waals surface area contributed by atoms with Gasteiger partial charge in [-0.05, 0) is 23.0 Å². The molecule has 2 heterocycles. The fourth-order valence-electron chi connectivity index (χ4n) is 4.70. The topological polar surface area (TPSA) is 214 Å². The summed E-state index contributed by atoms with van der Waals surface area (Å²) in [6.45, 7) is 5.98. The van der Waals surface area contributed by atoms with E-state index in [2.05, 4.69) is 0 Å². The van der Waals surface area contributed by atoms with Gasteiger partial charge < -0.3 is 64.2 Å². The van der Waals surface area contributed by atoms with Crippen LogP contribution in [0.4, 0.5) is 4.79 Å². The summed E-state index contributed by atoms with van der Waals surface area (Å²) in [5.74, 6) is 0.641. The molecular weight excluding hydrogens is 548 g/mol. The molecule has 14 heteroatoms. The molecule has 0 saturated carbocycles. The smallest absolute Gasteiger partial charge is 0.432 e. The van der Waals surface area contributed by atoms with E-state index in [1.54, 1.807) is 0 Å². The maximum Gasteiger partial charge on any atom is 0.513 e. The normalized spacial score (nSPS) is 34.2. The third-order valence-electron chi connectivity index (χ3n) is 7.05. The van der Waals surface area contributed by atoms with Gasteiger partial charge in [0.15, 0.2) is 12.6 Å². The molecule has 2 fully saturated rings. The second-order valence-electron chi connectivity index (χ2n) is 10.7. The monoisotopic (exact) mass is 590 g/mol. The highest BCUT2D eigenvalue weighted by atomic mass is 16.8. The zero-order valence-corrected chi connectivity index (χ0v) is 23.5. The second-order valence-corrected chi connectivity index (χ2v) is 10.7. The van der Waals surface area contributed by atoms with Gasteiger partial charge in [-0.1, -0.05) is 45.9 Å². The van der Waals surface area contributed by atoms with Crippen LogP contribution in [0.25, 0.3) is 0 Å². The molecule has 2 saturated heterocycles. The Morgan fingerprint density at radius 1 is 0.780 bits per heavy atom. The number of aliphatic hydroxyl groups excluding tert-OH is 7. The Kier molecular flexibility index (Phi) is 12.3. The summed E-state index contributed by atoms with van der Waals surface area (Å²) >= 11 is 0. The maximum absolute atomic E-state index is 12.4. The van der Waals surface area contributed by atoms with Crippen molar-refractivity contribution in [3.05, 3.63) is 29.3 Å². The average molecular weight is 591 g/mol. The van der Waals surface area contributed by atoms with Crippen LogP contribution >= 0.6 is 0 Å². The van der Waals surface area contributed by atoms with E-state index >= 15 is 0 Å². The zero-order chi connectivity index (χ0) is 30.4. The summed E-state index contributed by atoms with van der Waals surface area (Å²) in [6, 6.07) is 5.66. The van der Waals surface area contributed by atoms with E-state index in [4.69, 9.17) is 28.4 Å². The molecular formula is C27H42O14. The summed E-state index contributed by atoms with van der Waals surface area (Å²) < 4.78 is 32.4. The molecule has 0 aliphatic carbocycles. The molecule has 1 aromatic carbocycles. The highest BCUT2D eigenvalue weighted by Gasteiger charge is 2.50. The van der Waals surface area contributed by atoms with E-state index in [1.165, 1.54) is 0 Å². The predicted octanol–water partition coefficient (Wildman–Crippen LogP) is -0.910. The average Bonchev–Trinajstić information content (AvgIpc) is 2.94. The van der Waals surface area contributed by atoms with Crippen LogP contribution in [0.5, 0.6) is 5.75 Å². The number of aliphatic hydroxyl groups is 7. The van der Waals surface area contributed by atoms with Gasteiger partial charge in [-0.25, -0.2) is 4.79 Å². The van der Waals surface area contributed by atoms with Crippen LogP contribution in [0, 0.1) is 0 Å². The molecule has 0 radical (unpaired) electrons. The van der Waals surface area contributed by atoms with Gasteiger partial charge in [0.1, 0.15) is 61.2 Å². The quantitative estimate of drug-likeness (QED) is 0.0944. The van der Waals surface area contributed by atoms with Crippen LogP contribution < -0.4 is 4.74 Å². The lowest BCUT2D eigenvalue weighted by molar-refractivity contribution is -0.359. The molecule has 10 atom stereocenters. The summed E-state index contributed by atoms with van der Waals surface area (Å²) in [4.78, 5) is 12.4. The standard InChI is InChI=1S/C27H42O14/c1-12(2)14-6-5-7-15(13(3)4)23(14)41-27(35)37-9-8-36-25-22(34)20(32)24(17(11-29)39-25)40-26-21(33)19(31)18(30)16(10-28)38-26/h5-7,12-13,16-22,24-26,28-34H,8-11H2,1-4H3/t16-,17-,18-,19+,20-,21-,22-,24-,25-,26?/m1/s1. The molecule has 0 spiro atoms. The van der Waals surface area contributed by atoms with Gasteiger partial charge in [-0.2, -0.15) is 0 Å². The SMILES string of the molecule is CC(C)c1cccc(C(C)C)c1OC(=O)OCCO[C@@H]1O[C@H](CO)[C@@H](OC2O[C@H](CO)[C@@H](O)[C@H](O)[C@H]2O)[C@H](O)[C@H]1O. The molecule has 41 heavy (non-hydrogen) atoms. The number of carbonyl (C=O) groups is 1. The fraction of sp³-hybridized carbons (Fsp3) is 0.741. The molecule has 3 rings (SSSR count). The van der Waals surface area contributed by atoms with Crippen LogP contribution in [0.3, 0.4) is 0 Å². The molecule has 0 amide bonds. The minimum absolute atomic E-state index is 0.101. The number of para-hydroxylation sites is 1. The molecule has 2 aliphatic rings. The summed E-state index contributed by atoms with van der Waals surface area (Å²) in [5.41, 5.74) is 1.71. The number of ether oxygens (including phenoxy) is 6. The van der Waals surface area contributed by atoms with Crippen molar-refractivity contribution in [3.8, 4) is 5.75 Å². The van der Waals surface area contributed by atoms with Crippen molar-refractivity contribution in [2.24, 2.45) is 0 Å². The van der Waals surface area contributed by atoms with E-state index in [-0.39, 0.29) is 25.0 Å². The first kappa shape index (κ1) is 33.6. The van der Waals surface area contributed by atoms with Crippen molar-refractivity contribution in [2.75, 3.05) is 26.4 Å². The summed E-state index contributed by atoms with van der Waals surface area (Å²) in [7, 11) is 0. The fourth-order valence-corrected chi connectivity index (χ4v) is 4.70. The lowest BCUT2D eigenvalue weighted by Gasteiger charge is -2.45. The van der Waals surface area contributed by atoms with Crippen molar-refractivity contribution in [2.45, 2.75) is 101 Å². The van der Waals surface area contributed by atoms with Gasteiger partial charge >= 0.3 is 6.16 Å². The Morgan fingerprint density at radius 3 is 1.90 bits per heavy atom. The summed E-state index contributed by atoms with van der Waals surface area (Å²) in [6.07, 6.45) is -16.6. The highest BCUT2D eigenvalue weighted by molar-refractivity contribution is 5.66. The van der Waals surface area contributed by atoms with Crippen molar-refractivity contribution in [1.82, 2.24) is 0 Å². The van der Waals surface area contributed by atoms with E-state index < -0.39 is 80.8 Å². The number of rotatable bonds is 11. The largest absolute Gasteiger partial charge is 0.513 e. The number of carbonyl (C=O) groups excluding carboxylic acids is 1. The van der Waals surface area contributed by atoms with Crippen molar-refractivity contribution in [1.29, 1.82) is 0 Å². The van der Waals surface area contributed by atoms with Crippen molar-refractivity contribution < 1.29 is 69.0 Å². The van der Waals surface area contributed by atoms with Crippen molar-refractivity contribution >= 4 is 6.16 Å². The van der Waals surface area contributed by atoms with Crippen LogP contribution in [0.2, 0.25) is 0 Å². The van der Waals surface area contributed by atoms with E-state index in [1.807, 2.05) is 45.9 Å². The van der Waals surface area contributed by atoms with Gasteiger partial charge in [0.2, 0.25) is 0 Å². The lowest BCUT2D eigenvalue weighted by Crippen LogP contribution is -2.64. The highest BCUT2D eigenvalue weighted by Crippen LogP contribution is 2.35. The number of hydrogen-bond acceptors (Lipinski definition) is 14. The number of benzene rings is 1. The van der Waals surface area contributed by atoms with Gasteiger partial charge in [0.05, 0.1) is 19.8 Å². The van der Waals surface area contributed by atoms with E-state index in [0.29, 0.717) is 5.75 Å². The van der Waals surface area contributed by atoms with Gasteiger partial charge in [0.25, 0.3) is 0 Å². The molecule has 1 unspecified atom stereocenters. The molecule has 0 aromatic heterocycles. The van der Waals surface area contributed by atoms with E-state index in [9.17, 15) is 40.5 Å². The molecule has 234 valence electrons. The Balaban J connectivity index is 1.54. The first-order chi connectivity index (χ1) is 19.4. The predicted molar refractivity (Wildman–Crippen MR) is 139 cm³/mol. The summed E-state index contributed by atoms with van der Waals surface area (Å²) in [5, 5.41) is 70.5. The third-order valence-corrected chi connectivity index (χ3v) is 7.05. The molecule has 2 aliphatic heterocycles. The maximum atomic E-state index is 12.4. The Morgan fingerprint density at radius 2 is 1.34 bits per heavy atom. The third kappa shape index (κ3) is 7.91. The van der Waals surface area contributed by atoms with E-state index in [0.717, 1.165) is 11.1 Å².